The van der Waals surface area contributed by atoms with Crippen LogP contribution in [0.15, 0.2) is 12.4 Å². The molecule has 146 valence electrons. The van der Waals surface area contributed by atoms with Crippen LogP contribution in [0.3, 0.4) is 0 Å². The number of carbonyl (C=O) groups excluding carboxylic acids is 4. The zero-order chi connectivity index (χ0) is 20.2. The Morgan fingerprint density at radius 3 is 2.41 bits per heavy atom. The van der Waals surface area contributed by atoms with Gasteiger partial charge in [-0.2, -0.15) is 0 Å². The lowest BCUT2D eigenvalue weighted by Crippen LogP contribution is -2.21. The minimum absolute atomic E-state index is 0.0271. The van der Waals surface area contributed by atoms with Gasteiger partial charge in [-0.1, -0.05) is 5.92 Å². The molecular formula is C18H22N2O7. The van der Waals surface area contributed by atoms with Crippen LogP contribution in [0.1, 0.15) is 37.3 Å². The highest BCUT2D eigenvalue weighted by molar-refractivity contribution is 5.88. The van der Waals surface area contributed by atoms with E-state index in [1.807, 2.05) is 0 Å². The number of hydrogen-bond acceptors (Lipinski definition) is 7. The standard InChI is InChI=1S/C18H22N2O7/c1-13(21)27-12-15-11-20(10-14(15)8-9-18(24)26-3)19-16(22)6-4-5-7-17(23)25-2/h10-11H,4,6,8-9,12H2,1-3H3,(H,19,22). The predicted octanol–water partition coefficient (Wildman–Crippen LogP) is 0.683. The summed E-state index contributed by atoms with van der Waals surface area (Å²) < 4.78 is 15.4. The first-order valence-corrected chi connectivity index (χ1v) is 8.12. The van der Waals surface area contributed by atoms with Crippen LogP contribution in [0.5, 0.6) is 0 Å². The number of aromatic nitrogens is 1. The molecule has 0 saturated heterocycles. The van der Waals surface area contributed by atoms with Crippen LogP contribution >= 0.6 is 0 Å². The second kappa shape index (κ2) is 11.4. The fourth-order valence-electron chi connectivity index (χ4n) is 2.04. The number of nitrogens with one attached hydrogen (secondary N) is 1. The molecule has 1 aromatic rings. The molecule has 0 aliphatic carbocycles. The summed E-state index contributed by atoms with van der Waals surface area (Å²) in [7, 11) is 2.53. The van der Waals surface area contributed by atoms with Gasteiger partial charge in [0, 0.05) is 50.1 Å². The van der Waals surface area contributed by atoms with E-state index in [9.17, 15) is 19.2 Å². The number of rotatable bonds is 8. The van der Waals surface area contributed by atoms with Crippen molar-refractivity contribution in [1.82, 2.24) is 4.68 Å². The molecule has 0 saturated carbocycles. The van der Waals surface area contributed by atoms with E-state index in [0.717, 1.165) is 5.56 Å². The molecule has 1 amide bonds. The molecule has 0 aliphatic heterocycles. The minimum atomic E-state index is -0.661. The molecule has 27 heavy (non-hydrogen) atoms. The number of ether oxygens (including phenoxy) is 3. The topological polar surface area (TPSA) is 113 Å². The molecule has 0 aliphatic rings. The van der Waals surface area contributed by atoms with Crippen LogP contribution in [-0.2, 0) is 46.4 Å². The monoisotopic (exact) mass is 378 g/mol. The van der Waals surface area contributed by atoms with Crippen LogP contribution in [0.4, 0.5) is 0 Å². The largest absolute Gasteiger partial charge is 0.469 e. The maximum Gasteiger partial charge on any atom is 0.384 e. The van der Waals surface area contributed by atoms with Gasteiger partial charge in [0.1, 0.15) is 6.61 Å². The zero-order valence-corrected chi connectivity index (χ0v) is 15.5. The average Bonchev–Trinajstić information content (AvgIpc) is 3.02. The third-order valence-electron chi connectivity index (χ3n) is 3.37. The van der Waals surface area contributed by atoms with E-state index in [1.54, 1.807) is 12.4 Å². The van der Waals surface area contributed by atoms with Gasteiger partial charge in [0.25, 0.3) is 0 Å². The molecule has 1 heterocycles. The van der Waals surface area contributed by atoms with Crippen molar-refractivity contribution in [3.05, 3.63) is 23.5 Å². The number of nitrogens with zero attached hydrogens (tertiary/aromatic N) is 1. The quantitative estimate of drug-likeness (QED) is 0.306. The lowest BCUT2D eigenvalue weighted by atomic mass is 10.1. The van der Waals surface area contributed by atoms with Crippen molar-refractivity contribution in [2.24, 2.45) is 0 Å². The molecule has 1 rings (SSSR count). The summed E-state index contributed by atoms with van der Waals surface area (Å²) in [5, 5.41) is 0. The normalized spacial score (nSPS) is 9.59. The van der Waals surface area contributed by atoms with Gasteiger partial charge in [-0.25, -0.2) is 4.79 Å². The maximum atomic E-state index is 12.0. The summed E-state index contributed by atoms with van der Waals surface area (Å²) in [4.78, 5) is 45.2. The molecule has 1 aromatic heterocycles. The van der Waals surface area contributed by atoms with E-state index in [4.69, 9.17) is 4.74 Å². The Hall–Kier alpha value is -3.28. The first-order chi connectivity index (χ1) is 12.8. The molecular weight excluding hydrogens is 356 g/mol. The van der Waals surface area contributed by atoms with Crippen molar-refractivity contribution >= 4 is 23.8 Å². The second-order valence-electron chi connectivity index (χ2n) is 5.40. The highest BCUT2D eigenvalue weighted by Gasteiger charge is 2.12. The number of aryl methyl sites for hydroxylation is 1. The lowest BCUT2D eigenvalue weighted by molar-refractivity contribution is -0.142. The minimum Gasteiger partial charge on any atom is -0.469 e. The maximum absolute atomic E-state index is 12.0. The highest BCUT2D eigenvalue weighted by atomic mass is 16.5. The Bertz CT molecular complexity index is 755. The highest BCUT2D eigenvalue weighted by Crippen LogP contribution is 2.14. The molecule has 0 bridgehead atoms. The molecule has 9 heteroatoms. The Balaban J connectivity index is 2.70. The van der Waals surface area contributed by atoms with Crippen LogP contribution in [0.25, 0.3) is 0 Å². The van der Waals surface area contributed by atoms with Gasteiger partial charge in [-0.05, 0) is 12.0 Å². The SMILES string of the molecule is COC(=O)C#CCCC(=O)Nn1cc(CCC(=O)OC)c(COC(C)=O)c1. The number of carbonyl (C=O) groups is 4. The Labute approximate surface area is 156 Å². The summed E-state index contributed by atoms with van der Waals surface area (Å²) in [6, 6.07) is 0. The van der Waals surface area contributed by atoms with E-state index in [-0.39, 0.29) is 37.7 Å². The number of esters is 3. The lowest BCUT2D eigenvalue weighted by Gasteiger charge is -2.04. The van der Waals surface area contributed by atoms with E-state index in [0.29, 0.717) is 12.0 Å². The number of amides is 1. The Kier molecular flexibility index (Phi) is 9.15. The van der Waals surface area contributed by atoms with Gasteiger partial charge >= 0.3 is 17.9 Å². The first kappa shape index (κ1) is 21.8. The molecule has 0 unspecified atom stereocenters. The van der Waals surface area contributed by atoms with Gasteiger partial charge in [-0.3, -0.25) is 24.5 Å². The molecule has 0 fully saturated rings. The predicted molar refractivity (Wildman–Crippen MR) is 93.6 cm³/mol. The van der Waals surface area contributed by atoms with Gasteiger partial charge in [0.15, 0.2) is 0 Å². The summed E-state index contributed by atoms with van der Waals surface area (Å²) >= 11 is 0. The number of hydrogen-bond donors (Lipinski definition) is 1. The average molecular weight is 378 g/mol. The van der Waals surface area contributed by atoms with Crippen LogP contribution in [-0.4, -0.2) is 42.7 Å². The summed E-state index contributed by atoms with van der Waals surface area (Å²) in [6.07, 6.45) is 4.05. The third kappa shape index (κ3) is 8.58. The molecule has 0 aromatic carbocycles. The molecule has 0 atom stereocenters. The fourth-order valence-corrected chi connectivity index (χ4v) is 2.04. The first-order valence-electron chi connectivity index (χ1n) is 8.12. The van der Waals surface area contributed by atoms with Crippen molar-refractivity contribution in [2.75, 3.05) is 19.6 Å². The van der Waals surface area contributed by atoms with Gasteiger partial charge < -0.3 is 14.2 Å². The van der Waals surface area contributed by atoms with Gasteiger partial charge in [-0.15, -0.1) is 0 Å². The van der Waals surface area contributed by atoms with Crippen molar-refractivity contribution in [2.45, 2.75) is 39.2 Å². The Morgan fingerprint density at radius 2 is 1.78 bits per heavy atom. The Morgan fingerprint density at radius 1 is 1.07 bits per heavy atom. The smallest absolute Gasteiger partial charge is 0.384 e. The number of methoxy groups -OCH3 is 2. The van der Waals surface area contributed by atoms with E-state index >= 15 is 0 Å². The van der Waals surface area contributed by atoms with Crippen LogP contribution in [0, 0.1) is 11.8 Å². The molecule has 0 radical (unpaired) electrons. The van der Waals surface area contributed by atoms with Crippen molar-refractivity contribution in [3.8, 4) is 11.8 Å². The summed E-state index contributed by atoms with van der Waals surface area (Å²) in [5.41, 5.74) is 4.04. The van der Waals surface area contributed by atoms with E-state index < -0.39 is 11.9 Å². The van der Waals surface area contributed by atoms with E-state index in [2.05, 4.69) is 26.7 Å². The summed E-state index contributed by atoms with van der Waals surface area (Å²) in [5.74, 6) is 2.99. The van der Waals surface area contributed by atoms with Crippen LogP contribution < -0.4 is 5.43 Å². The zero-order valence-electron chi connectivity index (χ0n) is 15.5. The fraction of sp³-hybridized carbons (Fsp3) is 0.444. The van der Waals surface area contributed by atoms with E-state index in [1.165, 1.54) is 25.8 Å². The van der Waals surface area contributed by atoms with Crippen molar-refractivity contribution < 1.29 is 33.4 Å². The molecule has 0 spiro atoms. The van der Waals surface area contributed by atoms with Crippen LogP contribution in [0.2, 0.25) is 0 Å². The second-order valence-corrected chi connectivity index (χ2v) is 5.40. The van der Waals surface area contributed by atoms with Crippen molar-refractivity contribution in [3.63, 3.8) is 0 Å². The molecule has 1 N–H and O–H groups in total. The summed E-state index contributed by atoms with van der Waals surface area (Å²) in [6.45, 7) is 1.32. The van der Waals surface area contributed by atoms with Gasteiger partial charge in [0.05, 0.1) is 14.2 Å². The van der Waals surface area contributed by atoms with Gasteiger partial charge in [0.2, 0.25) is 5.91 Å². The third-order valence-corrected chi connectivity index (χ3v) is 3.37. The molecule has 9 nitrogen and oxygen atoms in total. The van der Waals surface area contributed by atoms with Crippen molar-refractivity contribution in [1.29, 1.82) is 0 Å².